The molecule has 0 aromatic heterocycles. The number of methoxy groups -OCH3 is 1. The van der Waals surface area contributed by atoms with Crippen LogP contribution in [-0.4, -0.2) is 38.0 Å². The van der Waals surface area contributed by atoms with E-state index in [2.05, 4.69) is 10.1 Å². The number of carbonyl (C=O) groups excluding carboxylic acids is 3. The van der Waals surface area contributed by atoms with Gasteiger partial charge >= 0.3 is 5.97 Å². The van der Waals surface area contributed by atoms with Crippen LogP contribution in [0.5, 0.6) is 5.75 Å². The van der Waals surface area contributed by atoms with E-state index in [1.165, 1.54) is 31.4 Å². The smallest absolute Gasteiger partial charge is 0.325 e. The summed E-state index contributed by atoms with van der Waals surface area (Å²) in [5.41, 5.74) is 5.28. The van der Waals surface area contributed by atoms with Crippen molar-refractivity contribution in [1.29, 1.82) is 0 Å². The molecule has 3 N–H and O–H groups in total. The maximum atomic E-state index is 11.6. The molecule has 102 valence electrons. The molecule has 2 amide bonds. The van der Waals surface area contributed by atoms with Gasteiger partial charge in [0, 0.05) is 5.56 Å². The van der Waals surface area contributed by atoms with E-state index in [9.17, 15) is 14.4 Å². The minimum Gasteiger partial charge on any atom is -0.484 e. The van der Waals surface area contributed by atoms with Crippen LogP contribution in [0.3, 0.4) is 0 Å². The van der Waals surface area contributed by atoms with E-state index in [4.69, 9.17) is 10.5 Å². The van der Waals surface area contributed by atoms with Crippen LogP contribution in [0.2, 0.25) is 0 Å². The first-order chi connectivity index (χ1) is 9.02. The lowest BCUT2D eigenvalue weighted by Gasteiger charge is -2.06. The van der Waals surface area contributed by atoms with Crippen LogP contribution in [-0.2, 0) is 14.3 Å². The Balaban J connectivity index is 2.53. The van der Waals surface area contributed by atoms with E-state index in [1.807, 2.05) is 0 Å². The molecule has 0 heterocycles. The highest BCUT2D eigenvalue weighted by Gasteiger charge is 2.08. The monoisotopic (exact) mass is 266 g/mol. The number of esters is 1. The summed E-state index contributed by atoms with van der Waals surface area (Å²) in [5, 5.41) is 2.39. The Bertz CT molecular complexity index is 470. The summed E-state index contributed by atoms with van der Waals surface area (Å²) in [4.78, 5) is 33.0. The number of primary amides is 1. The molecule has 1 aromatic carbocycles. The lowest BCUT2D eigenvalue weighted by Crippen LogP contribution is -2.30. The van der Waals surface area contributed by atoms with Gasteiger partial charge in [-0.1, -0.05) is 0 Å². The topological polar surface area (TPSA) is 108 Å². The maximum Gasteiger partial charge on any atom is 0.325 e. The van der Waals surface area contributed by atoms with Crippen molar-refractivity contribution in [3.05, 3.63) is 29.8 Å². The average Bonchev–Trinajstić information content (AvgIpc) is 2.42. The zero-order chi connectivity index (χ0) is 14.3. The van der Waals surface area contributed by atoms with E-state index in [0.29, 0.717) is 11.3 Å². The Morgan fingerprint density at radius 2 is 1.84 bits per heavy atom. The Hall–Kier alpha value is -2.57. The van der Waals surface area contributed by atoms with E-state index in [-0.39, 0.29) is 13.2 Å². The lowest BCUT2D eigenvalue weighted by atomic mass is 10.2. The molecule has 19 heavy (non-hydrogen) atoms. The van der Waals surface area contributed by atoms with E-state index in [0.717, 1.165) is 0 Å². The van der Waals surface area contributed by atoms with Gasteiger partial charge in [-0.15, -0.1) is 0 Å². The van der Waals surface area contributed by atoms with Crippen molar-refractivity contribution >= 4 is 17.8 Å². The Morgan fingerprint density at radius 1 is 1.21 bits per heavy atom. The Morgan fingerprint density at radius 3 is 2.37 bits per heavy atom. The molecule has 0 unspecified atom stereocenters. The molecule has 0 saturated carbocycles. The Labute approximate surface area is 109 Å². The molecule has 0 atom stereocenters. The maximum absolute atomic E-state index is 11.6. The minimum absolute atomic E-state index is 0.199. The summed E-state index contributed by atoms with van der Waals surface area (Å²) in [6, 6.07) is 6.05. The Kier molecular flexibility index (Phi) is 5.34. The van der Waals surface area contributed by atoms with Crippen LogP contribution in [0, 0.1) is 0 Å². The van der Waals surface area contributed by atoms with Crippen molar-refractivity contribution in [3.63, 3.8) is 0 Å². The molecule has 0 saturated heterocycles. The molecular weight excluding hydrogens is 252 g/mol. The molecule has 0 fully saturated rings. The van der Waals surface area contributed by atoms with Gasteiger partial charge in [0.05, 0.1) is 7.11 Å². The number of amides is 2. The molecule has 0 aliphatic heterocycles. The number of ether oxygens (including phenoxy) is 2. The number of benzene rings is 1. The summed E-state index contributed by atoms with van der Waals surface area (Å²) in [6.07, 6.45) is 0. The molecule has 1 rings (SSSR count). The van der Waals surface area contributed by atoms with Crippen LogP contribution >= 0.6 is 0 Å². The van der Waals surface area contributed by atoms with Gasteiger partial charge in [-0.2, -0.15) is 0 Å². The van der Waals surface area contributed by atoms with E-state index in [1.54, 1.807) is 0 Å². The SMILES string of the molecule is COC(=O)CNC(=O)c1ccc(OCC(N)=O)cc1. The number of rotatable bonds is 6. The fourth-order valence-electron chi connectivity index (χ4n) is 1.18. The van der Waals surface area contributed by atoms with Gasteiger partial charge in [0.15, 0.2) is 6.61 Å². The van der Waals surface area contributed by atoms with Crippen molar-refractivity contribution in [3.8, 4) is 5.75 Å². The first-order valence-electron chi connectivity index (χ1n) is 5.39. The van der Waals surface area contributed by atoms with Gasteiger partial charge in [0.2, 0.25) is 0 Å². The van der Waals surface area contributed by atoms with Crippen molar-refractivity contribution in [2.24, 2.45) is 5.73 Å². The largest absolute Gasteiger partial charge is 0.484 e. The van der Waals surface area contributed by atoms with Crippen LogP contribution in [0.1, 0.15) is 10.4 Å². The van der Waals surface area contributed by atoms with Crippen LogP contribution in [0.4, 0.5) is 0 Å². The summed E-state index contributed by atoms with van der Waals surface area (Å²) in [5.74, 6) is -1.11. The van der Waals surface area contributed by atoms with Crippen molar-refractivity contribution in [1.82, 2.24) is 5.32 Å². The predicted molar refractivity (Wildman–Crippen MR) is 65.5 cm³/mol. The summed E-state index contributed by atoms with van der Waals surface area (Å²) >= 11 is 0. The van der Waals surface area contributed by atoms with Gasteiger partial charge in [-0.25, -0.2) is 0 Å². The predicted octanol–water partition coefficient (Wildman–Crippen LogP) is -0.546. The first-order valence-corrected chi connectivity index (χ1v) is 5.39. The second kappa shape index (κ2) is 7.00. The molecule has 0 spiro atoms. The van der Waals surface area contributed by atoms with Gasteiger partial charge in [0.1, 0.15) is 12.3 Å². The fourth-order valence-corrected chi connectivity index (χ4v) is 1.18. The summed E-state index contributed by atoms with van der Waals surface area (Å²) in [7, 11) is 1.24. The van der Waals surface area contributed by atoms with Crippen molar-refractivity contribution in [2.45, 2.75) is 0 Å². The standard InChI is InChI=1S/C12H14N2O5/c1-18-11(16)6-14-12(17)8-2-4-9(5-3-8)19-7-10(13)15/h2-5H,6-7H2,1H3,(H2,13,15)(H,14,17). The molecule has 1 aromatic rings. The van der Waals surface area contributed by atoms with Gasteiger partial charge in [-0.3, -0.25) is 14.4 Å². The lowest BCUT2D eigenvalue weighted by molar-refractivity contribution is -0.139. The molecular formula is C12H14N2O5. The summed E-state index contributed by atoms with van der Waals surface area (Å²) in [6.45, 7) is -0.427. The molecule has 0 aliphatic rings. The van der Waals surface area contributed by atoms with Crippen LogP contribution in [0.15, 0.2) is 24.3 Å². The van der Waals surface area contributed by atoms with E-state index >= 15 is 0 Å². The summed E-state index contributed by atoms with van der Waals surface area (Å²) < 4.78 is 9.43. The zero-order valence-corrected chi connectivity index (χ0v) is 10.3. The number of hydrogen-bond donors (Lipinski definition) is 2. The first kappa shape index (κ1) is 14.5. The van der Waals surface area contributed by atoms with Crippen molar-refractivity contribution < 1.29 is 23.9 Å². The van der Waals surface area contributed by atoms with Crippen molar-refractivity contribution in [2.75, 3.05) is 20.3 Å². The zero-order valence-electron chi connectivity index (χ0n) is 10.3. The third kappa shape index (κ3) is 5.07. The number of hydrogen-bond acceptors (Lipinski definition) is 5. The van der Waals surface area contributed by atoms with Gasteiger partial charge in [0.25, 0.3) is 11.8 Å². The van der Waals surface area contributed by atoms with Crippen LogP contribution < -0.4 is 15.8 Å². The second-order valence-corrected chi connectivity index (χ2v) is 3.54. The van der Waals surface area contributed by atoms with Gasteiger partial charge in [-0.05, 0) is 24.3 Å². The highest BCUT2D eigenvalue weighted by Crippen LogP contribution is 2.11. The number of carbonyl (C=O) groups is 3. The minimum atomic E-state index is -0.583. The van der Waals surface area contributed by atoms with Crippen LogP contribution in [0.25, 0.3) is 0 Å². The third-order valence-electron chi connectivity index (χ3n) is 2.12. The molecule has 7 nitrogen and oxygen atoms in total. The van der Waals surface area contributed by atoms with E-state index < -0.39 is 17.8 Å². The second-order valence-electron chi connectivity index (χ2n) is 3.54. The third-order valence-corrected chi connectivity index (χ3v) is 2.12. The fraction of sp³-hybridized carbons (Fsp3) is 0.250. The molecule has 0 bridgehead atoms. The molecule has 0 radical (unpaired) electrons. The number of nitrogens with two attached hydrogens (primary N) is 1. The highest BCUT2D eigenvalue weighted by atomic mass is 16.5. The molecule has 0 aliphatic carbocycles. The van der Waals surface area contributed by atoms with Gasteiger partial charge < -0.3 is 20.5 Å². The normalized spacial score (nSPS) is 9.53. The quantitative estimate of drug-likeness (QED) is 0.672. The molecule has 7 heteroatoms. The number of nitrogens with one attached hydrogen (secondary N) is 1. The average molecular weight is 266 g/mol. The highest BCUT2D eigenvalue weighted by molar-refractivity contribution is 5.96.